The lowest BCUT2D eigenvalue weighted by atomic mass is 10.2. The molecule has 0 saturated carbocycles. The molecule has 35 heavy (non-hydrogen) atoms. The molecule has 1 aliphatic rings. The molecule has 0 aliphatic carbocycles. The average Bonchev–Trinajstić information content (AvgIpc) is 3.23. The van der Waals surface area contributed by atoms with Crippen molar-refractivity contribution in [2.75, 3.05) is 37.4 Å². The molecular weight excluding hydrogens is 494 g/mol. The first-order valence-electron chi connectivity index (χ1n) is 10.6. The van der Waals surface area contributed by atoms with E-state index in [1.165, 1.54) is 28.2 Å². The van der Waals surface area contributed by atoms with Crippen molar-refractivity contribution >= 4 is 39.3 Å². The van der Waals surface area contributed by atoms with Gasteiger partial charge in [-0.25, -0.2) is 13.2 Å². The lowest BCUT2D eigenvalue weighted by molar-refractivity contribution is -0.113. The third-order valence-corrected chi connectivity index (χ3v) is 8.21. The molecule has 4 rings (SSSR count). The number of carboxylic acid groups (broad SMARTS) is 1. The van der Waals surface area contributed by atoms with Gasteiger partial charge in [0.25, 0.3) is 0 Å². The highest BCUT2D eigenvalue weighted by atomic mass is 32.2. The molecule has 184 valence electrons. The number of hydrogen-bond acceptors (Lipinski definition) is 8. The number of nitrogens with one attached hydrogen (secondary N) is 1. The van der Waals surface area contributed by atoms with Gasteiger partial charge in [0.2, 0.25) is 15.9 Å². The van der Waals surface area contributed by atoms with E-state index in [0.29, 0.717) is 48.5 Å². The van der Waals surface area contributed by atoms with Gasteiger partial charge < -0.3 is 19.7 Å². The Morgan fingerprint density at radius 2 is 1.83 bits per heavy atom. The minimum absolute atomic E-state index is 0.0417. The lowest BCUT2D eigenvalue weighted by Crippen LogP contribution is -2.40. The van der Waals surface area contributed by atoms with Crippen LogP contribution in [0.1, 0.15) is 10.4 Å². The van der Waals surface area contributed by atoms with Crippen LogP contribution in [0.25, 0.3) is 11.4 Å². The minimum atomic E-state index is -3.59. The van der Waals surface area contributed by atoms with Crippen molar-refractivity contribution in [3.63, 3.8) is 0 Å². The number of aromatic carboxylic acids is 1. The van der Waals surface area contributed by atoms with Crippen LogP contribution in [0.3, 0.4) is 0 Å². The molecule has 11 nitrogen and oxygen atoms in total. The minimum Gasteiger partial charge on any atom is -0.478 e. The van der Waals surface area contributed by atoms with Gasteiger partial charge in [0.15, 0.2) is 11.0 Å². The van der Waals surface area contributed by atoms with Gasteiger partial charge in [-0.05, 0) is 42.5 Å². The third kappa shape index (κ3) is 5.70. The number of anilines is 1. The van der Waals surface area contributed by atoms with E-state index in [4.69, 9.17) is 9.84 Å². The number of amides is 1. The van der Waals surface area contributed by atoms with E-state index < -0.39 is 16.0 Å². The zero-order chi connectivity index (χ0) is 25.0. The Morgan fingerprint density at radius 3 is 2.51 bits per heavy atom. The number of carboxylic acids is 1. The Kier molecular flexibility index (Phi) is 7.50. The van der Waals surface area contributed by atoms with E-state index in [2.05, 4.69) is 15.5 Å². The van der Waals surface area contributed by atoms with Crippen LogP contribution >= 0.6 is 11.8 Å². The molecule has 0 bridgehead atoms. The Morgan fingerprint density at radius 1 is 1.11 bits per heavy atom. The van der Waals surface area contributed by atoms with Gasteiger partial charge in [-0.15, -0.1) is 10.2 Å². The van der Waals surface area contributed by atoms with Crippen LogP contribution in [-0.4, -0.2) is 76.5 Å². The number of carbonyl (C=O) groups excluding carboxylic acids is 1. The standard InChI is InChI=1S/C22H23N5O6S2/c1-26-20(15-5-7-18(8-6-15)35(31,32)27-9-11-33-12-10-27)24-25-22(26)34-14-19(28)23-17-4-2-3-16(13-17)21(29)30/h2-8,13H,9-12,14H2,1H3,(H,23,28)(H,29,30). The first-order chi connectivity index (χ1) is 16.8. The van der Waals surface area contributed by atoms with E-state index in [1.807, 2.05) is 0 Å². The predicted octanol–water partition coefficient (Wildman–Crippen LogP) is 1.93. The Hall–Kier alpha value is -3.26. The van der Waals surface area contributed by atoms with Gasteiger partial charge >= 0.3 is 5.97 Å². The van der Waals surface area contributed by atoms with Crippen molar-refractivity contribution in [3.8, 4) is 11.4 Å². The zero-order valence-corrected chi connectivity index (χ0v) is 20.4. The number of thioether (sulfide) groups is 1. The summed E-state index contributed by atoms with van der Waals surface area (Å²) in [6.07, 6.45) is 0. The summed E-state index contributed by atoms with van der Waals surface area (Å²) in [4.78, 5) is 23.6. The molecule has 2 aromatic carbocycles. The fourth-order valence-corrected chi connectivity index (χ4v) is 5.58. The van der Waals surface area contributed by atoms with Crippen LogP contribution in [0, 0.1) is 0 Å². The summed E-state index contributed by atoms with van der Waals surface area (Å²) in [5, 5.41) is 20.5. The number of morpholine rings is 1. The summed E-state index contributed by atoms with van der Waals surface area (Å²) in [5.74, 6) is -0.828. The van der Waals surface area contributed by atoms with E-state index >= 15 is 0 Å². The van der Waals surface area contributed by atoms with Crippen LogP contribution in [0.4, 0.5) is 5.69 Å². The molecule has 2 heterocycles. The van der Waals surface area contributed by atoms with E-state index in [-0.39, 0.29) is 22.1 Å². The van der Waals surface area contributed by atoms with Gasteiger partial charge in [-0.2, -0.15) is 4.31 Å². The van der Waals surface area contributed by atoms with Crippen LogP contribution in [0.2, 0.25) is 0 Å². The monoisotopic (exact) mass is 517 g/mol. The van der Waals surface area contributed by atoms with Crippen LogP contribution < -0.4 is 5.32 Å². The number of rotatable bonds is 8. The van der Waals surface area contributed by atoms with Gasteiger partial charge in [-0.3, -0.25) is 4.79 Å². The second-order valence-electron chi connectivity index (χ2n) is 7.63. The Bertz CT molecular complexity index is 1330. The van der Waals surface area contributed by atoms with Gasteiger partial charge in [-0.1, -0.05) is 17.8 Å². The highest BCUT2D eigenvalue weighted by molar-refractivity contribution is 7.99. The van der Waals surface area contributed by atoms with Crippen molar-refractivity contribution in [2.45, 2.75) is 10.1 Å². The van der Waals surface area contributed by atoms with Gasteiger partial charge in [0.05, 0.1) is 29.4 Å². The summed E-state index contributed by atoms with van der Waals surface area (Å²) < 4.78 is 34.0. The van der Waals surface area contributed by atoms with Crippen molar-refractivity contribution in [2.24, 2.45) is 7.05 Å². The largest absolute Gasteiger partial charge is 0.478 e. The van der Waals surface area contributed by atoms with Crippen LogP contribution in [0.15, 0.2) is 58.6 Å². The SMILES string of the molecule is Cn1c(SCC(=O)Nc2cccc(C(=O)O)c2)nnc1-c1ccc(S(=O)(=O)N2CCOCC2)cc1. The molecule has 13 heteroatoms. The Balaban J connectivity index is 1.40. The molecule has 0 unspecified atom stereocenters. The van der Waals surface area contributed by atoms with Gasteiger partial charge in [0.1, 0.15) is 0 Å². The number of carbonyl (C=O) groups is 2. The highest BCUT2D eigenvalue weighted by Crippen LogP contribution is 2.25. The number of sulfonamides is 1. The third-order valence-electron chi connectivity index (χ3n) is 5.28. The van der Waals surface area contributed by atoms with E-state index in [0.717, 1.165) is 0 Å². The Labute approximate surface area is 206 Å². The number of nitrogens with zero attached hydrogens (tertiary/aromatic N) is 4. The van der Waals surface area contributed by atoms with E-state index in [1.54, 1.807) is 48.0 Å². The second-order valence-corrected chi connectivity index (χ2v) is 10.5. The maximum atomic E-state index is 12.8. The summed E-state index contributed by atoms with van der Waals surface area (Å²) in [6.45, 7) is 1.41. The van der Waals surface area contributed by atoms with E-state index in [9.17, 15) is 18.0 Å². The molecular formula is C22H23N5O6S2. The number of aromatic nitrogens is 3. The number of hydrogen-bond donors (Lipinski definition) is 2. The predicted molar refractivity (Wildman–Crippen MR) is 129 cm³/mol. The van der Waals surface area contributed by atoms with Crippen molar-refractivity contribution in [1.82, 2.24) is 19.1 Å². The normalized spacial score (nSPS) is 14.5. The molecule has 0 radical (unpaired) electrons. The molecule has 0 atom stereocenters. The van der Waals surface area contributed by atoms with Crippen molar-refractivity contribution in [3.05, 3.63) is 54.1 Å². The van der Waals surface area contributed by atoms with Crippen molar-refractivity contribution < 1.29 is 27.9 Å². The molecule has 0 spiro atoms. The molecule has 2 N–H and O–H groups in total. The highest BCUT2D eigenvalue weighted by Gasteiger charge is 2.26. The quantitative estimate of drug-likeness (QED) is 0.428. The number of benzene rings is 2. The lowest BCUT2D eigenvalue weighted by Gasteiger charge is -2.26. The molecule has 1 fully saturated rings. The smallest absolute Gasteiger partial charge is 0.335 e. The second kappa shape index (κ2) is 10.6. The van der Waals surface area contributed by atoms with Crippen LogP contribution in [-0.2, 0) is 26.6 Å². The first kappa shape index (κ1) is 24.9. The molecule has 1 aromatic heterocycles. The summed E-state index contributed by atoms with van der Waals surface area (Å²) in [5.41, 5.74) is 1.15. The summed E-state index contributed by atoms with van der Waals surface area (Å²) in [7, 11) is -1.83. The topological polar surface area (TPSA) is 144 Å². The van der Waals surface area contributed by atoms with Crippen LogP contribution in [0.5, 0.6) is 0 Å². The zero-order valence-electron chi connectivity index (χ0n) is 18.7. The number of ether oxygens (including phenoxy) is 1. The molecule has 1 saturated heterocycles. The summed E-state index contributed by atoms with van der Waals surface area (Å²) in [6, 6.07) is 12.4. The fourth-order valence-electron chi connectivity index (χ4n) is 3.46. The molecule has 1 amide bonds. The maximum Gasteiger partial charge on any atom is 0.335 e. The van der Waals surface area contributed by atoms with Crippen molar-refractivity contribution in [1.29, 1.82) is 0 Å². The molecule has 3 aromatic rings. The average molecular weight is 518 g/mol. The fraction of sp³-hybridized carbons (Fsp3) is 0.273. The maximum absolute atomic E-state index is 12.8. The summed E-state index contributed by atoms with van der Waals surface area (Å²) >= 11 is 1.17. The molecule has 1 aliphatic heterocycles. The van der Waals surface area contributed by atoms with Gasteiger partial charge in [0, 0.05) is 31.4 Å². The first-order valence-corrected chi connectivity index (χ1v) is 13.0.